The molecule has 0 aliphatic carbocycles. The van der Waals surface area contributed by atoms with Crippen molar-refractivity contribution in [3.05, 3.63) is 24.3 Å². The molecule has 0 unspecified atom stereocenters. The lowest BCUT2D eigenvalue weighted by atomic mass is 10.3. The Balaban J connectivity index is 2.29. The number of nitrogens with zero attached hydrogens (tertiary/aromatic N) is 4. The number of imidazole rings is 1. The summed E-state index contributed by atoms with van der Waals surface area (Å²) in [6.07, 6.45) is 0. The van der Waals surface area contributed by atoms with Crippen LogP contribution in [0, 0.1) is 0 Å². The number of hydrogen-bond acceptors (Lipinski definition) is 4. The molecule has 17 heavy (non-hydrogen) atoms. The molecule has 3 rings (SSSR count). The van der Waals surface area contributed by atoms with E-state index in [-0.39, 0.29) is 5.95 Å². The van der Waals surface area contributed by atoms with Crippen LogP contribution in [0.1, 0.15) is 6.92 Å². The third-order valence-corrected chi connectivity index (χ3v) is 2.69. The van der Waals surface area contributed by atoms with Crippen LogP contribution >= 0.6 is 0 Å². The number of para-hydroxylation sites is 2. The number of anilines is 1. The van der Waals surface area contributed by atoms with Crippen molar-refractivity contribution in [1.29, 1.82) is 0 Å². The van der Waals surface area contributed by atoms with Gasteiger partial charge in [-0.15, -0.1) is 5.10 Å². The third kappa shape index (κ3) is 1.45. The number of fused-ring (bicyclic) bond motifs is 1. The maximum absolute atomic E-state index is 5.51. The number of hydrogen-bond donors (Lipinski definition) is 2. The van der Waals surface area contributed by atoms with E-state index in [1.54, 1.807) is 0 Å². The van der Waals surface area contributed by atoms with Gasteiger partial charge >= 0.3 is 0 Å². The molecular formula is C11H12N6. The molecular weight excluding hydrogens is 216 g/mol. The highest BCUT2D eigenvalue weighted by Crippen LogP contribution is 2.22. The van der Waals surface area contributed by atoms with E-state index in [0.717, 1.165) is 23.4 Å². The predicted molar refractivity (Wildman–Crippen MR) is 65.2 cm³/mol. The molecule has 3 N–H and O–H groups in total. The molecule has 0 aliphatic rings. The van der Waals surface area contributed by atoms with E-state index < -0.39 is 0 Å². The minimum Gasteiger partial charge on any atom is -0.366 e. The first-order chi connectivity index (χ1) is 8.29. The van der Waals surface area contributed by atoms with Crippen LogP contribution in [0.3, 0.4) is 0 Å². The summed E-state index contributed by atoms with van der Waals surface area (Å²) in [4.78, 5) is 8.65. The van der Waals surface area contributed by atoms with Crippen molar-refractivity contribution in [2.75, 3.05) is 5.73 Å². The monoisotopic (exact) mass is 228 g/mol. The summed E-state index contributed by atoms with van der Waals surface area (Å²) >= 11 is 0. The van der Waals surface area contributed by atoms with E-state index in [9.17, 15) is 0 Å². The zero-order valence-electron chi connectivity index (χ0n) is 9.38. The summed E-state index contributed by atoms with van der Waals surface area (Å²) in [5.74, 6) is 1.59. The molecule has 2 heterocycles. The van der Waals surface area contributed by atoms with Crippen molar-refractivity contribution in [3.63, 3.8) is 0 Å². The fourth-order valence-corrected chi connectivity index (χ4v) is 1.95. The molecule has 0 saturated heterocycles. The van der Waals surface area contributed by atoms with Crippen LogP contribution in [-0.2, 0) is 6.54 Å². The molecule has 2 aromatic heterocycles. The number of benzene rings is 1. The lowest BCUT2D eigenvalue weighted by molar-refractivity contribution is 0.789. The Morgan fingerprint density at radius 3 is 2.82 bits per heavy atom. The Kier molecular flexibility index (Phi) is 2.07. The van der Waals surface area contributed by atoms with E-state index in [1.165, 1.54) is 0 Å². The zero-order chi connectivity index (χ0) is 11.8. The average molecular weight is 228 g/mol. The summed E-state index contributed by atoms with van der Waals surface area (Å²) in [5.41, 5.74) is 7.54. The number of aromatic amines is 1. The van der Waals surface area contributed by atoms with Gasteiger partial charge in [0, 0.05) is 6.54 Å². The highest BCUT2D eigenvalue weighted by atomic mass is 15.3. The number of nitrogen functional groups attached to an aromatic ring is 1. The van der Waals surface area contributed by atoms with Crippen LogP contribution in [0.25, 0.3) is 22.7 Å². The van der Waals surface area contributed by atoms with E-state index in [4.69, 9.17) is 5.73 Å². The van der Waals surface area contributed by atoms with Gasteiger partial charge in [0.25, 0.3) is 0 Å². The second-order valence-electron chi connectivity index (χ2n) is 3.71. The van der Waals surface area contributed by atoms with Gasteiger partial charge in [-0.25, -0.2) is 4.98 Å². The number of rotatable bonds is 2. The molecule has 0 amide bonds. The number of aryl methyl sites for hydroxylation is 1. The average Bonchev–Trinajstić information content (AvgIpc) is 2.91. The Morgan fingerprint density at radius 2 is 2.12 bits per heavy atom. The van der Waals surface area contributed by atoms with Crippen LogP contribution in [0.5, 0.6) is 0 Å². The van der Waals surface area contributed by atoms with Gasteiger partial charge in [-0.2, -0.15) is 4.98 Å². The molecule has 0 spiro atoms. The lowest BCUT2D eigenvalue weighted by Gasteiger charge is -2.02. The molecule has 0 aliphatic heterocycles. The summed E-state index contributed by atoms with van der Waals surface area (Å²) in [5, 5.41) is 6.61. The minimum absolute atomic E-state index is 0.231. The molecule has 0 bridgehead atoms. The van der Waals surface area contributed by atoms with Crippen LogP contribution in [0.15, 0.2) is 24.3 Å². The van der Waals surface area contributed by atoms with Gasteiger partial charge in [0.05, 0.1) is 11.0 Å². The molecule has 1 aromatic carbocycles. The van der Waals surface area contributed by atoms with E-state index in [2.05, 4.69) is 31.7 Å². The van der Waals surface area contributed by atoms with Gasteiger partial charge in [-0.05, 0) is 19.1 Å². The highest BCUT2D eigenvalue weighted by molar-refractivity contribution is 5.79. The first kappa shape index (κ1) is 9.83. The summed E-state index contributed by atoms with van der Waals surface area (Å²) in [6, 6.07) is 7.97. The topological polar surface area (TPSA) is 85.4 Å². The molecule has 0 radical (unpaired) electrons. The number of nitrogens with one attached hydrogen (secondary N) is 1. The van der Waals surface area contributed by atoms with Crippen molar-refractivity contribution in [1.82, 2.24) is 24.7 Å². The molecule has 86 valence electrons. The summed E-state index contributed by atoms with van der Waals surface area (Å²) in [7, 11) is 0. The first-order valence-electron chi connectivity index (χ1n) is 5.43. The van der Waals surface area contributed by atoms with E-state index >= 15 is 0 Å². The van der Waals surface area contributed by atoms with Gasteiger partial charge in [0.15, 0.2) is 11.6 Å². The molecule has 0 atom stereocenters. The van der Waals surface area contributed by atoms with Crippen molar-refractivity contribution in [2.24, 2.45) is 0 Å². The number of H-pyrrole nitrogens is 1. The fraction of sp³-hybridized carbons (Fsp3) is 0.182. The molecule has 6 nitrogen and oxygen atoms in total. The highest BCUT2D eigenvalue weighted by Gasteiger charge is 2.13. The summed E-state index contributed by atoms with van der Waals surface area (Å²) in [6.45, 7) is 2.88. The maximum atomic E-state index is 5.51. The minimum atomic E-state index is 0.231. The van der Waals surface area contributed by atoms with Crippen molar-refractivity contribution >= 4 is 17.0 Å². The standard InChI is InChI=1S/C11H12N6/c1-2-17-8-6-4-3-5-7(8)13-10(17)9-14-11(12)16-15-9/h3-6H,2H2,1H3,(H3,12,14,15,16). The Bertz CT molecular complexity index is 665. The quantitative estimate of drug-likeness (QED) is 0.694. The summed E-state index contributed by atoms with van der Waals surface area (Å²) < 4.78 is 2.08. The van der Waals surface area contributed by atoms with Crippen molar-refractivity contribution in [2.45, 2.75) is 13.5 Å². The van der Waals surface area contributed by atoms with Gasteiger partial charge < -0.3 is 10.3 Å². The Labute approximate surface area is 97.5 Å². The fourth-order valence-electron chi connectivity index (χ4n) is 1.95. The largest absolute Gasteiger partial charge is 0.366 e. The normalized spacial score (nSPS) is 11.1. The first-order valence-corrected chi connectivity index (χ1v) is 5.43. The predicted octanol–water partition coefficient (Wildman–Crippen LogP) is 1.42. The molecule has 3 aromatic rings. The van der Waals surface area contributed by atoms with Gasteiger partial charge in [-0.1, -0.05) is 12.1 Å². The van der Waals surface area contributed by atoms with Crippen molar-refractivity contribution < 1.29 is 0 Å². The smallest absolute Gasteiger partial charge is 0.239 e. The third-order valence-electron chi connectivity index (χ3n) is 2.69. The molecule has 0 fully saturated rings. The van der Waals surface area contributed by atoms with Crippen LogP contribution in [-0.4, -0.2) is 24.7 Å². The Hall–Kier alpha value is -2.37. The lowest BCUT2D eigenvalue weighted by Crippen LogP contribution is -1.98. The number of aromatic nitrogens is 5. The van der Waals surface area contributed by atoms with Gasteiger partial charge in [0.1, 0.15) is 0 Å². The van der Waals surface area contributed by atoms with Crippen molar-refractivity contribution in [3.8, 4) is 11.6 Å². The van der Waals surface area contributed by atoms with E-state index in [0.29, 0.717) is 5.82 Å². The molecule has 0 saturated carbocycles. The zero-order valence-corrected chi connectivity index (χ0v) is 9.38. The van der Waals surface area contributed by atoms with Crippen LogP contribution in [0.4, 0.5) is 5.95 Å². The van der Waals surface area contributed by atoms with Crippen LogP contribution in [0.2, 0.25) is 0 Å². The maximum Gasteiger partial charge on any atom is 0.239 e. The second kappa shape index (κ2) is 3.58. The van der Waals surface area contributed by atoms with E-state index in [1.807, 2.05) is 24.3 Å². The van der Waals surface area contributed by atoms with Gasteiger partial charge in [0.2, 0.25) is 5.95 Å². The molecule has 6 heteroatoms. The second-order valence-corrected chi connectivity index (χ2v) is 3.71. The van der Waals surface area contributed by atoms with Gasteiger partial charge in [-0.3, -0.25) is 5.10 Å². The number of nitrogens with two attached hydrogens (primary N) is 1. The Morgan fingerprint density at radius 1 is 1.29 bits per heavy atom. The van der Waals surface area contributed by atoms with Crippen LogP contribution < -0.4 is 5.73 Å². The SMILES string of the molecule is CCn1c(-c2nc(N)n[nH]2)nc2ccccc21.